The third kappa shape index (κ3) is 3.13. The molecule has 0 bridgehead atoms. The van der Waals surface area contributed by atoms with Crippen LogP contribution in [0.4, 0.5) is 0 Å². The van der Waals surface area contributed by atoms with E-state index in [1.165, 1.54) is 0 Å². The first-order valence-corrected chi connectivity index (χ1v) is 7.66. The summed E-state index contributed by atoms with van der Waals surface area (Å²) in [6.45, 7) is 4.06. The molecule has 0 aliphatic rings. The molecule has 24 heavy (non-hydrogen) atoms. The largest absolute Gasteiger partial charge is 0.497 e. The summed E-state index contributed by atoms with van der Waals surface area (Å²) in [5.74, 6) is 0.645. The van der Waals surface area contributed by atoms with E-state index in [1.807, 2.05) is 54.6 Å². The molecule has 4 heteroatoms. The minimum Gasteiger partial charge on any atom is -0.497 e. The number of fused-ring (bicyclic) bond motifs is 1. The number of nitrogens with zero attached hydrogens (tertiary/aromatic N) is 1. The lowest BCUT2D eigenvalue weighted by atomic mass is 10.0. The molecule has 4 nitrogen and oxygen atoms in total. The lowest BCUT2D eigenvalue weighted by Gasteiger charge is -2.10. The van der Waals surface area contributed by atoms with Crippen LogP contribution in [0.15, 0.2) is 67.3 Å². The maximum Gasteiger partial charge on any atom is 0.252 e. The van der Waals surface area contributed by atoms with Crippen molar-refractivity contribution >= 4 is 16.8 Å². The van der Waals surface area contributed by atoms with Gasteiger partial charge in [0.15, 0.2) is 0 Å². The molecule has 1 N–H and O–H groups in total. The summed E-state index contributed by atoms with van der Waals surface area (Å²) in [7, 11) is 1.63. The number of hydrogen-bond acceptors (Lipinski definition) is 3. The van der Waals surface area contributed by atoms with E-state index in [4.69, 9.17) is 4.74 Å². The van der Waals surface area contributed by atoms with Gasteiger partial charge >= 0.3 is 0 Å². The first-order chi connectivity index (χ1) is 11.7. The average molecular weight is 318 g/mol. The first-order valence-electron chi connectivity index (χ1n) is 7.66. The zero-order valence-electron chi connectivity index (χ0n) is 13.5. The smallest absolute Gasteiger partial charge is 0.252 e. The highest BCUT2D eigenvalue weighted by atomic mass is 16.5. The van der Waals surface area contributed by atoms with Gasteiger partial charge in [0.25, 0.3) is 5.91 Å². The molecule has 0 spiro atoms. The van der Waals surface area contributed by atoms with Gasteiger partial charge in [0.2, 0.25) is 0 Å². The van der Waals surface area contributed by atoms with Crippen molar-refractivity contribution in [1.29, 1.82) is 0 Å². The van der Waals surface area contributed by atoms with E-state index in [9.17, 15) is 4.79 Å². The van der Waals surface area contributed by atoms with Crippen molar-refractivity contribution in [1.82, 2.24) is 10.3 Å². The lowest BCUT2D eigenvalue weighted by Crippen LogP contribution is -2.23. The Kier molecular flexibility index (Phi) is 4.57. The molecule has 0 unspecified atom stereocenters. The highest BCUT2D eigenvalue weighted by molar-refractivity contribution is 6.07. The summed E-state index contributed by atoms with van der Waals surface area (Å²) in [6.07, 6.45) is 1.66. The van der Waals surface area contributed by atoms with Gasteiger partial charge < -0.3 is 10.1 Å². The van der Waals surface area contributed by atoms with Gasteiger partial charge in [-0.2, -0.15) is 0 Å². The topological polar surface area (TPSA) is 51.2 Å². The Bertz CT molecular complexity index is 886. The van der Waals surface area contributed by atoms with E-state index in [1.54, 1.807) is 13.2 Å². The first kappa shape index (κ1) is 15.7. The van der Waals surface area contributed by atoms with Crippen LogP contribution in [0.25, 0.3) is 22.2 Å². The second-order valence-corrected chi connectivity index (χ2v) is 5.30. The van der Waals surface area contributed by atoms with E-state index in [2.05, 4.69) is 16.9 Å². The molecule has 3 rings (SSSR count). The molecule has 1 heterocycles. The average Bonchev–Trinajstić information content (AvgIpc) is 2.65. The molecule has 0 fully saturated rings. The molecule has 3 aromatic rings. The third-order valence-corrected chi connectivity index (χ3v) is 3.75. The van der Waals surface area contributed by atoms with Gasteiger partial charge in [0.05, 0.1) is 23.9 Å². The molecule has 2 aromatic carbocycles. The maximum absolute atomic E-state index is 12.5. The number of ether oxygens (including phenoxy) is 1. The van der Waals surface area contributed by atoms with Crippen molar-refractivity contribution < 1.29 is 9.53 Å². The normalized spacial score (nSPS) is 10.4. The molecule has 0 aliphatic heterocycles. The maximum atomic E-state index is 12.5. The fourth-order valence-corrected chi connectivity index (χ4v) is 2.53. The fraction of sp³-hybridized carbons (Fsp3) is 0.100. The SMILES string of the molecule is C=CCNC(=O)c1cc(-c2ccc(OC)cc2)nc2ccccc12. The number of methoxy groups -OCH3 is 1. The summed E-state index contributed by atoms with van der Waals surface area (Å²) in [6, 6.07) is 17.1. The lowest BCUT2D eigenvalue weighted by molar-refractivity contribution is 0.0959. The van der Waals surface area contributed by atoms with Crippen LogP contribution < -0.4 is 10.1 Å². The molecule has 0 aliphatic carbocycles. The Morgan fingerprint density at radius 3 is 2.67 bits per heavy atom. The number of carbonyl (C=O) groups excluding carboxylic acids is 1. The number of nitrogens with one attached hydrogen (secondary N) is 1. The molecule has 1 amide bonds. The number of amides is 1. The van der Waals surface area contributed by atoms with Gasteiger partial charge in [0, 0.05) is 17.5 Å². The van der Waals surface area contributed by atoms with Gasteiger partial charge in [-0.15, -0.1) is 6.58 Å². The second kappa shape index (κ2) is 6.96. The summed E-state index contributed by atoms with van der Waals surface area (Å²) in [4.78, 5) is 17.2. The minimum atomic E-state index is -0.136. The van der Waals surface area contributed by atoms with E-state index < -0.39 is 0 Å². The van der Waals surface area contributed by atoms with Crippen LogP contribution in [0.3, 0.4) is 0 Å². The van der Waals surface area contributed by atoms with Crippen LogP contribution in [0, 0.1) is 0 Å². The van der Waals surface area contributed by atoms with E-state index in [0.29, 0.717) is 12.1 Å². The number of rotatable bonds is 5. The third-order valence-electron chi connectivity index (χ3n) is 3.75. The fourth-order valence-electron chi connectivity index (χ4n) is 2.53. The standard InChI is InChI=1S/C20H18N2O2/c1-3-12-21-20(23)17-13-19(14-8-10-15(24-2)11-9-14)22-18-7-5-4-6-16(17)18/h3-11,13H,1,12H2,2H3,(H,21,23). The highest BCUT2D eigenvalue weighted by Gasteiger charge is 2.13. The summed E-state index contributed by atoms with van der Waals surface area (Å²) in [5, 5.41) is 3.66. The Labute approximate surface area is 140 Å². The molecular weight excluding hydrogens is 300 g/mol. The number of benzene rings is 2. The molecule has 0 saturated carbocycles. The molecule has 0 saturated heterocycles. The molecule has 0 radical (unpaired) electrons. The Hall–Kier alpha value is -3.14. The Morgan fingerprint density at radius 2 is 1.96 bits per heavy atom. The predicted molar refractivity (Wildman–Crippen MR) is 96.3 cm³/mol. The van der Waals surface area contributed by atoms with E-state index >= 15 is 0 Å². The number of para-hydroxylation sites is 1. The van der Waals surface area contributed by atoms with Gasteiger partial charge in [-0.1, -0.05) is 24.3 Å². The van der Waals surface area contributed by atoms with Gasteiger partial charge in [0.1, 0.15) is 5.75 Å². The molecule has 120 valence electrons. The van der Waals surface area contributed by atoms with Crippen molar-refractivity contribution in [3.05, 3.63) is 72.8 Å². The number of hydrogen-bond donors (Lipinski definition) is 1. The van der Waals surface area contributed by atoms with Gasteiger partial charge in [-0.3, -0.25) is 4.79 Å². The number of carbonyl (C=O) groups is 1. The van der Waals surface area contributed by atoms with Crippen molar-refractivity contribution in [2.75, 3.05) is 13.7 Å². The van der Waals surface area contributed by atoms with E-state index in [0.717, 1.165) is 27.9 Å². The summed E-state index contributed by atoms with van der Waals surface area (Å²) >= 11 is 0. The quantitative estimate of drug-likeness (QED) is 0.728. The van der Waals surface area contributed by atoms with Crippen LogP contribution in [0.1, 0.15) is 10.4 Å². The van der Waals surface area contributed by atoms with Crippen molar-refractivity contribution in [2.24, 2.45) is 0 Å². The van der Waals surface area contributed by atoms with Crippen LogP contribution in [-0.4, -0.2) is 24.5 Å². The Morgan fingerprint density at radius 1 is 1.21 bits per heavy atom. The zero-order valence-corrected chi connectivity index (χ0v) is 13.5. The summed E-state index contributed by atoms with van der Waals surface area (Å²) in [5.41, 5.74) is 3.07. The second-order valence-electron chi connectivity index (χ2n) is 5.30. The van der Waals surface area contributed by atoms with Crippen LogP contribution in [0.2, 0.25) is 0 Å². The minimum absolute atomic E-state index is 0.136. The highest BCUT2D eigenvalue weighted by Crippen LogP contribution is 2.26. The van der Waals surface area contributed by atoms with Crippen molar-refractivity contribution in [2.45, 2.75) is 0 Å². The Balaban J connectivity index is 2.11. The van der Waals surface area contributed by atoms with Gasteiger partial charge in [-0.25, -0.2) is 4.98 Å². The van der Waals surface area contributed by atoms with Crippen LogP contribution in [-0.2, 0) is 0 Å². The van der Waals surface area contributed by atoms with E-state index in [-0.39, 0.29) is 5.91 Å². The molecule has 0 atom stereocenters. The number of pyridine rings is 1. The summed E-state index contributed by atoms with van der Waals surface area (Å²) < 4.78 is 5.19. The molecular formula is C20H18N2O2. The zero-order chi connectivity index (χ0) is 16.9. The monoisotopic (exact) mass is 318 g/mol. The van der Waals surface area contributed by atoms with Crippen molar-refractivity contribution in [3.63, 3.8) is 0 Å². The predicted octanol–water partition coefficient (Wildman–Crippen LogP) is 3.83. The van der Waals surface area contributed by atoms with Gasteiger partial charge in [-0.05, 0) is 36.4 Å². The number of aromatic nitrogens is 1. The van der Waals surface area contributed by atoms with Crippen molar-refractivity contribution in [3.8, 4) is 17.0 Å². The molecule has 1 aromatic heterocycles. The van der Waals surface area contributed by atoms with Crippen LogP contribution in [0.5, 0.6) is 5.75 Å². The van der Waals surface area contributed by atoms with Crippen LogP contribution >= 0.6 is 0 Å².